The van der Waals surface area contributed by atoms with Gasteiger partial charge in [-0.25, -0.2) is 9.97 Å². The molecule has 1 atom stereocenters. The molecule has 0 saturated carbocycles. The number of nitrogens with zero attached hydrogens (tertiary/aromatic N) is 3. The Morgan fingerprint density at radius 1 is 1.33 bits per heavy atom. The quantitative estimate of drug-likeness (QED) is 0.517. The fraction of sp³-hybridized carbons (Fsp3) is 0.294. The summed E-state index contributed by atoms with van der Waals surface area (Å²) < 4.78 is 5.85. The van der Waals surface area contributed by atoms with Crippen LogP contribution in [0.25, 0.3) is 10.2 Å². The van der Waals surface area contributed by atoms with Crippen molar-refractivity contribution in [1.82, 2.24) is 9.97 Å². The van der Waals surface area contributed by atoms with Crippen LogP contribution in [-0.4, -0.2) is 14.9 Å². The van der Waals surface area contributed by atoms with Gasteiger partial charge in [-0.2, -0.15) is 0 Å². The van der Waals surface area contributed by atoms with Crippen LogP contribution in [0.1, 0.15) is 23.8 Å². The molecule has 6 nitrogen and oxygen atoms in total. The third-order valence-electron chi connectivity index (χ3n) is 4.33. The van der Waals surface area contributed by atoms with E-state index in [1.807, 2.05) is 0 Å². The molecule has 0 radical (unpaired) electrons. The minimum absolute atomic E-state index is 0.0676. The number of aryl methyl sites for hydroxylation is 1. The fourth-order valence-corrected chi connectivity index (χ4v) is 4.46. The second-order valence-electron chi connectivity index (χ2n) is 6.04. The number of benzene rings is 1. The lowest BCUT2D eigenvalue weighted by molar-refractivity contribution is -0.385. The number of fused-ring (bicyclic) bond motifs is 3. The first-order valence-electron chi connectivity index (χ1n) is 7.80. The normalized spacial score (nSPS) is 16.8. The predicted octanol–water partition coefficient (Wildman–Crippen LogP) is 4.52. The monoisotopic (exact) mass is 341 g/mol. The van der Waals surface area contributed by atoms with E-state index >= 15 is 0 Å². The number of ether oxygens (including phenoxy) is 1. The summed E-state index contributed by atoms with van der Waals surface area (Å²) in [5.41, 5.74) is 1.17. The van der Waals surface area contributed by atoms with Crippen LogP contribution in [-0.2, 0) is 12.8 Å². The highest BCUT2D eigenvalue weighted by Gasteiger charge is 2.25. The minimum atomic E-state index is -0.446. The summed E-state index contributed by atoms with van der Waals surface area (Å²) in [5.74, 6) is 1.27. The van der Waals surface area contributed by atoms with Gasteiger partial charge in [-0.1, -0.05) is 19.1 Å². The summed E-state index contributed by atoms with van der Waals surface area (Å²) in [6.07, 6.45) is 4.59. The number of nitro benzene ring substituents is 1. The van der Waals surface area contributed by atoms with E-state index in [9.17, 15) is 10.1 Å². The number of hydrogen-bond donors (Lipinski definition) is 0. The number of thiophene rings is 1. The topological polar surface area (TPSA) is 78.2 Å². The number of hydrogen-bond acceptors (Lipinski definition) is 6. The summed E-state index contributed by atoms with van der Waals surface area (Å²) in [6.45, 7) is 2.25. The van der Waals surface area contributed by atoms with Gasteiger partial charge in [0.05, 0.1) is 10.3 Å². The highest BCUT2D eigenvalue weighted by atomic mass is 32.1. The molecule has 0 aliphatic heterocycles. The highest BCUT2D eigenvalue weighted by Crippen LogP contribution is 2.42. The molecule has 1 aliphatic carbocycles. The first kappa shape index (κ1) is 15.0. The van der Waals surface area contributed by atoms with Gasteiger partial charge in [0.1, 0.15) is 11.2 Å². The van der Waals surface area contributed by atoms with Gasteiger partial charge in [0.2, 0.25) is 11.6 Å². The molecular weight excluding hydrogens is 326 g/mol. The van der Waals surface area contributed by atoms with Crippen molar-refractivity contribution in [2.24, 2.45) is 5.92 Å². The minimum Gasteiger partial charge on any atom is -0.431 e. The Labute approximate surface area is 142 Å². The van der Waals surface area contributed by atoms with E-state index in [-0.39, 0.29) is 11.4 Å². The molecule has 3 aromatic rings. The Morgan fingerprint density at radius 2 is 2.17 bits per heavy atom. The van der Waals surface area contributed by atoms with Crippen LogP contribution in [0.15, 0.2) is 30.6 Å². The van der Waals surface area contributed by atoms with E-state index in [0.717, 1.165) is 29.5 Å². The molecule has 0 spiro atoms. The standard InChI is InChI=1S/C17H15N3O3S/c1-10-6-7-11-14(8-10)24-17-15(11)16(18-9-19-17)23-13-5-3-2-4-12(13)20(21)22/h2-5,9-10H,6-8H2,1H3/t10-/m0/s1. The Hall–Kier alpha value is -2.54. The van der Waals surface area contributed by atoms with Crippen molar-refractivity contribution in [3.8, 4) is 11.6 Å². The smallest absolute Gasteiger partial charge is 0.311 e. The van der Waals surface area contributed by atoms with Crippen molar-refractivity contribution < 1.29 is 9.66 Å². The molecule has 2 aromatic heterocycles. The zero-order chi connectivity index (χ0) is 16.7. The molecule has 24 heavy (non-hydrogen) atoms. The third kappa shape index (κ3) is 2.50. The molecule has 2 heterocycles. The Kier molecular flexibility index (Phi) is 3.65. The maximum Gasteiger partial charge on any atom is 0.311 e. The van der Waals surface area contributed by atoms with Crippen molar-refractivity contribution >= 4 is 27.2 Å². The van der Waals surface area contributed by atoms with E-state index in [1.165, 1.54) is 22.8 Å². The zero-order valence-electron chi connectivity index (χ0n) is 13.1. The fourth-order valence-electron chi connectivity index (χ4n) is 3.12. The second-order valence-corrected chi connectivity index (χ2v) is 7.12. The van der Waals surface area contributed by atoms with Gasteiger partial charge in [-0.3, -0.25) is 10.1 Å². The van der Waals surface area contributed by atoms with Crippen molar-refractivity contribution in [2.75, 3.05) is 0 Å². The number of aromatic nitrogens is 2. The van der Waals surface area contributed by atoms with Gasteiger partial charge >= 0.3 is 5.69 Å². The van der Waals surface area contributed by atoms with Gasteiger partial charge in [0.15, 0.2) is 0 Å². The van der Waals surface area contributed by atoms with Crippen LogP contribution in [0.2, 0.25) is 0 Å². The van der Waals surface area contributed by atoms with Crippen LogP contribution in [0.5, 0.6) is 11.6 Å². The Morgan fingerprint density at radius 3 is 3.00 bits per heavy atom. The second kappa shape index (κ2) is 5.83. The van der Waals surface area contributed by atoms with Crippen molar-refractivity contribution in [2.45, 2.75) is 26.2 Å². The zero-order valence-corrected chi connectivity index (χ0v) is 13.9. The summed E-state index contributed by atoms with van der Waals surface area (Å²) in [5, 5.41) is 12.1. The molecule has 1 aliphatic rings. The number of rotatable bonds is 3. The maximum absolute atomic E-state index is 11.2. The van der Waals surface area contributed by atoms with E-state index in [0.29, 0.717) is 11.8 Å². The number of nitro groups is 1. The number of para-hydroxylation sites is 2. The van der Waals surface area contributed by atoms with Gasteiger partial charge in [0, 0.05) is 10.9 Å². The van der Waals surface area contributed by atoms with Gasteiger partial charge in [-0.05, 0) is 36.8 Å². The van der Waals surface area contributed by atoms with Crippen LogP contribution < -0.4 is 4.74 Å². The largest absolute Gasteiger partial charge is 0.431 e. The SMILES string of the molecule is C[C@H]1CCc2c(sc3ncnc(Oc4ccccc4[N+](=O)[O-])c23)C1. The van der Waals surface area contributed by atoms with Crippen molar-refractivity contribution in [3.05, 3.63) is 51.1 Å². The van der Waals surface area contributed by atoms with E-state index in [4.69, 9.17) is 4.74 Å². The van der Waals surface area contributed by atoms with Crippen molar-refractivity contribution in [3.63, 3.8) is 0 Å². The summed E-state index contributed by atoms with van der Waals surface area (Å²) >= 11 is 1.67. The average Bonchev–Trinajstić information content (AvgIpc) is 2.93. The molecular formula is C17H15N3O3S. The maximum atomic E-state index is 11.2. The molecule has 7 heteroatoms. The highest BCUT2D eigenvalue weighted by molar-refractivity contribution is 7.18. The molecule has 0 unspecified atom stereocenters. The van der Waals surface area contributed by atoms with Gasteiger partial charge in [-0.15, -0.1) is 11.3 Å². The molecule has 1 aromatic carbocycles. The molecule has 4 rings (SSSR count). The molecule has 122 valence electrons. The lowest BCUT2D eigenvalue weighted by Crippen LogP contribution is -2.08. The van der Waals surface area contributed by atoms with E-state index < -0.39 is 4.92 Å². The molecule has 0 N–H and O–H groups in total. The van der Waals surface area contributed by atoms with Gasteiger partial charge in [0.25, 0.3) is 0 Å². The van der Waals surface area contributed by atoms with E-state index in [2.05, 4.69) is 16.9 Å². The summed E-state index contributed by atoms with van der Waals surface area (Å²) in [6, 6.07) is 6.35. The van der Waals surface area contributed by atoms with Crippen LogP contribution in [0.4, 0.5) is 5.69 Å². The van der Waals surface area contributed by atoms with Crippen LogP contribution in [0, 0.1) is 16.0 Å². The van der Waals surface area contributed by atoms with Crippen molar-refractivity contribution in [1.29, 1.82) is 0 Å². The molecule has 0 bridgehead atoms. The molecule has 0 fully saturated rings. The van der Waals surface area contributed by atoms with Gasteiger partial charge < -0.3 is 4.74 Å². The average molecular weight is 341 g/mol. The first-order chi connectivity index (χ1) is 11.6. The van der Waals surface area contributed by atoms with Crippen LogP contribution in [0.3, 0.4) is 0 Å². The molecule has 0 saturated heterocycles. The molecule has 0 amide bonds. The lowest BCUT2D eigenvalue weighted by Gasteiger charge is -2.18. The first-order valence-corrected chi connectivity index (χ1v) is 8.61. The van der Waals surface area contributed by atoms with E-state index in [1.54, 1.807) is 29.5 Å². The summed E-state index contributed by atoms with van der Waals surface area (Å²) in [7, 11) is 0. The summed E-state index contributed by atoms with van der Waals surface area (Å²) in [4.78, 5) is 21.6. The Balaban J connectivity index is 1.82. The van der Waals surface area contributed by atoms with Crippen LogP contribution >= 0.6 is 11.3 Å². The Bertz CT molecular complexity index is 938. The third-order valence-corrected chi connectivity index (χ3v) is 5.49. The lowest BCUT2D eigenvalue weighted by atomic mass is 9.89. The predicted molar refractivity (Wildman–Crippen MR) is 91.8 cm³/mol.